The summed E-state index contributed by atoms with van der Waals surface area (Å²) in [4.78, 5) is 29.9. The van der Waals surface area contributed by atoms with E-state index in [1.165, 1.54) is 11.8 Å². The highest BCUT2D eigenvalue weighted by atomic mass is 32.2. The van der Waals surface area contributed by atoms with Gasteiger partial charge in [-0.05, 0) is 53.2 Å². The Balaban J connectivity index is 2.83. The van der Waals surface area contributed by atoms with E-state index in [2.05, 4.69) is 4.90 Å². The molecule has 0 aromatic carbocycles. The van der Waals surface area contributed by atoms with Crippen molar-refractivity contribution in [3.63, 3.8) is 0 Å². The molecule has 150 valence electrons. The molecule has 0 bridgehead atoms. The van der Waals surface area contributed by atoms with E-state index in [1.807, 2.05) is 40.7 Å². The maximum Gasteiger partial charge on any atom is 0.270 e. The highest BCUT2D eigenvalue weighted by Crippen LogP contribution is 2.36. The predicted molar refractivity (Wildman–Crippen MR) is 120 cm³/mol. The molecule has 0 N–H and O–H groups in total. The zero-order valence-electron chi connectivity index (χ0n) is 17.2. The van der Waals surface area contributed by atoms with Gasteiger partial charge in [0, 0.05) is 31.2 Å². The number of thiocarbonyl (C=S) groups is 1. The molecule has 2 rings (SSSR count). The SMILES string of the molecule is CCN(CC)c1c(C=C2SC(=S)N(C(C)C)C2=O)c(C)c(C#N)c(=O)n1CC. The van der Waals surface area contributed by atoms with Gasteiger partial charge in [-0.1, -0.05) is 24.0 Å². The standard InChI is InChI=1S/C20H26N4O2S2/c1-7-22(8-2)17-14(13(6)15(11-21)18(25)23(17)9-3)10-16-19(26)24(12(4)5)20(27)28-16/h10,12H,7-9H2,1-6H3. The van der Waals surface area contributed by atoms with E-state index in [1.54, 1.807) is 22.5 Å². The Hall–Kier alpha value is -2.11. The first-order valence-corrected chi connectivity index (χ1v) is 10.6. The van der Waals surface area contributed by atoms with Gasteiger partial charge in [0.1, 0.15) is 21.8 Å². The van der Waals surface area contributed by atoms with E-state index in [0.717, 1.165) is 11.4 Å². The average molecular weight is 419 g/mol. The second-order valence-electron chi connectivity index (χ2n) is 6.72. The molecule has 1 saturated heterocycles. The summed E-state index contributed by atoms with van der Waals surface area (Å²) in [6, 6.07) is 2.02. The number of nitrogens with zero attached hydrogens (tertiary/aromatic N) is 4. The molecule has 0 spiro atoms. The number of amides is 1. The van der Waals surface area contributed by atoms with Crippen LogP contribution in [0.2, 0.25) is 0 Å². The lowest BCUT2D eigenvalue weighted by Crippen LogP contribution is -2.35. The summed E-state index contributed by atoms with van der Waals surface area (Å²) in [5.74, 6) is 0.603. The summed E-state index contributed by atoms with van der Waals surface area (Å²) in [7, 11) is 0. The van der Waals surface area contributed by atoms with Crippen LogP contribution in [-0.4, -0.2) is 38.8 Å². The normalized spacial score (nSPS) is 15.6. The van der Waals surface area contributed by atoms with Gasteiger partial charge < -0.3 is 4.90 Å². The Morgan fingerprint density at radius 3 is 2.29 bits per heavy atom. The van der Waals surface area contributed by atoms with E-state index in [-0.39, 0.29) is 23.1 Å². The van der Waals surface area contributed by atoms with Gasteiger partial charge in [0.25, 0.3) is 11.5 Å². The van der Waals surface area contributed by atoms with Gasteiger partial charge in [0.05, 0.1) is 4.91 Å². The average Bonchev–Trinajstić information content (AvgIpc) is 2.93. The highest BCUT2D eigenvalue weighted by molar-refractivity contribution is 8.26. The zero-order chi connectivity index (χ0) is 21.2. The van der Waals surface area contributed by atoms with E-state index >= 15 is 0 Å². The Bertz CT molecular complexity index is 937. The summed E-state index contributed by atoms with van der Waals surface area (Å²) in [5.41, 5.74) is 1.14. The first-order valence-electron chi connectivity index (χ1n) is 9.42. The lowest BCUT2D eigenvalue weighted by molar-refractivity contribution is -0.123. The van der Waals surface area contributed by atoms with Crippen molar-refractivity contribution in [2.75, 3.05) is 18.0 Å². The fourth-order valence-corrected chi connectivity index (χ4v) is 4.86. The summed E-state index contributed by atoms with van der Waals surface area (Å²) >= 11 is 6.64. The third kappa shape index (κ3) is 3.74. The first-order chi connectivity index (χ1) is 13.2. The quantitative estimate of drug-likeness (QED) is 0.520. The van der Waals surface area contributed by atoms with Gasteiger partial charge in [-0.3, -0.25) is 19.1 Å². The van der Waals surface area contributed by atoms with Crippen molar-refractivity contribution in [2.24, 2.45) is 0 Å². The largest absolute Gasteiger partial charge is 0.358 e. The molecule has 0 atom stereocenters. The van der Waals surface area contributed by atoms with E-state index < -0.39 is 0 Å². The van der Waals surface area contributed by atoms with Crippen molar-refractivity contribution in [3.8, 4) is 6.07 Å². The van der Waals surface area contributed by atoms with Gasteiger partial charge in [-0.25, -0.2) is 0 Å². The molecule has 0 unspecified atom stereocenters. The Morgan fingerprint density at radius 1 is 1.25 bits per heavy atom. The van der Waals surface area contributed by atoms with Crippen LogP contribution in [0.4, 0.5) is 5.82 Å². The minimum Gasteiger partial charge on any atom is -0.358 e. The second-order valence-corrected chi connectivity index (χ2v) is 8.39. The van der Waals surface area contributed by atoms with Crippen LogP contribution in [0.5, 0.6) is 0 Å². The van der Waals surface area contributed by atoms with Crippen LogP contribution in [0.25, 0.3) is 6.08 Å². The minimum absolute atomic E-state index is 0.0268. The Kier molecular flexibility index (Phi) is 7.07. The van der Waals surface area contributed by atoms with Gasteiger partial charge >= 0.3 is 0 Å². The van der Waals surface area contributed by atoms with Gasteiger partial charge in [0.15, 0.2) is 0 Å². The van der Waals surface area contributed by atoms with Gasteiger partial charge in [0.2, 0.25) is 0 Å². The van der Waals surface area contributed by atoms with E-state index in [0.29, 0.717) is 34.4 Å². The molecule has 0 saturated carbocycles. The van der Waals surface area contributed by atoms with Crippen molar-refractivity contribution in [2.45, 2.75) is 54.1 Å². The molecule has 28 heavy (non-hydrogen) atoms. The number of anilines is 1. The number of pyridine rings is 1. The number of nitriles is 1. The molecule has 8 heteroatoms. The molecule has 1 aromatic rings. The number of carbonyl (C=O) groups excluding carboxylic acids is 1. The Morgan fingerprint density at radius 2 is 1.86 bits per heavy atom. The van der Waals surface area contributed by atoms with Crippen LogP contribution in [0, 0.1) is 18.3 Å². The smallest absolute Gasteiger partial charge is 0.270 e. The van der Waals surface area contributed by atoms with Crippen LogP contribution in [-0.2, 0) is 11.3 Å². The molecule has 2 heterocycles. The number of aromatic nitrogens is 1. The van der Waals surface area contributed by atoms with Crippen LogP contribution >= 0.6 is 24.0 Å². The topological polar surface area (TPSA) is 69.3 Å². The molecule has 1 aromatic heterocycles. The second kappa shape index (κ2) is 8.93. The molecule has 0 aliphatic carbocycles. The third-order valence-corrected chi connectivity index (χ3v) is 6.17. The van der Waals surface area contributed by atoms with Crippen molar-refractivity contribution in [3.05, 3.63) is 31.9 Å². The monoisotopic (exact) mass is 418 g/mol. The predicted octanol–water partition coefficient (Wildman–Crippen LogP) is 3.50. The summed E-state index contributed by atoms with van der Waals surface area (Å²) in [6.07, 6.45) is 1.79. The molecule has 0 radical (unpaired) electrons. The fourth-order valence-electron chi connectivity index (χ4n) is 3.36. The Labute approximate surface area is 175 Å². The zero-order valence-corrected chi connectivity index (χ0v) is 18.8. The number of rotatable bonds is 6. The molecular weight excluding hydrogens is 392 g/mol. The summed E-state index contributed by atoms with van der Waals surface area (Å²) in [6.45, 7) is 13.4. The number of thioether (sulfide) groups is 1. The molecule has 1 fully saturated rings. The number of hydrogen-bond donors (Lipinski definition) is 0. The maximum atomic E-state index is 12.9. The van der Waals surface area contributed by atoms with Crippen LogP contribution < -0.4 is 10.5 Å². The maximum absolute atomic E-state index is 12.9. The lowest BCUT2D eigenvalue weighted by atomic mass is 10.0. The van der Waals surface area contributed by atoms with Crippen molar-refractivity contribution < 1.29 is 4.79 Å². The number of hydrogen-bond acceptors (Lipinski definition) is 6. The molecule has 6 nitrogen and oxygen atoms in total. The molecule has 1 aliphatic rings. The van der Waals surface area contributed by atoms with Crippen molar-refractivity contribution >= 4 is 46.1 Å². The molecular formula is C20H26N4O2S2. The number of carbonyl (C=O) groups is 1. The molecule has 1 amide bonds. The molecule has 1 aliphatic heterocycles. The van der Waals surface area contributed by atoms with E-state index in [9.17, 15) is 14.9 Å². The van der Waals surface area contributed by atoms with E-state index in [4.69, 9.17) is 12.2 Å². The van der Waals surface area contributed by atoms with Crippen LogP contribution in [0.3, 0.4) is 0 Å². The first kappa shape index (κ1) is 22.2. The minimum atomic E-state index is -0.295. The third-order valence-electron chi connectivity index (χ3n) is 4.84. The summed E-state index contributed by atoms with van der Waals surface area (Å²) in [5, 5.41) is 9.56. The lowest BCUT2D eigenvalue weighted by Gasteiger charge is -2.28. The van der Waals surface area contributed by atoms with Crippen LogP contribution in [0.15, 0.2) is 9.70 Å². The van der Waals surface area contributed by atoms with Gasteiger partial charge in [-0.15, -0.1) is 0 Å². The van der Waals surface area contributed by atoms with Crippen molar-refractivity contribution in [1.82, 2.24) is 9.47 Å². The fraction of sp³-hybridized carbons (Fsp3) is 0.500. The van der Waals surface area contributed by atoms with Crippen LogP contribution in [0.1, 0.15) is 51.3 Å². The van der Waals surface area contributed by atoms with Crippen molar-refractivity contribution in [1.29, 1.82) is 5.26 Å². The highest BCUT2D eigenvalue weighted by Gasteiger charge is 2.34. The summed E-state index contributed by atoms with van der Waals surface area (Å²) < 4.78 is 2.14. The van der Waals surface area contributed by atoms with Gasteiger partial charge in [-0.2, -0.15) is 5.26 Å².